The highest BCUT2D eigenvalue weighted by molar-refractivity contribution is 14.1. The molecule has 1 fully saturated rings. The maximum Gasteiger partial charge on any atom is 0.211 e. The normalized spacial score (nSPS) is 21.3. The molecule has 0 N–H and O–H groups in total. The SMILES string of the molecule is CS(=O)(=O)N1CCCC(COc2cccc(I)c2)C1. The van der Waals surface area contributed by atoms with Crippen molar-refractivity contribution >= 4 is 32.6 Å². The third kappa shape index (κ3) is 4.61. The van der Waals surface area contributed by atoms with Gasteiger partial charge in [-0.15, -0.1) is 0 Å². The van der Waals surface area contributed by atoms with E-state index >= 15 is 0 Å². The molecule has 0 amide bonds. The van der Waals surface area contributed by atoms with Gasteiger partial charge in [0.1, 0.15) is 5.75 Å². The highest BCUT2D eigenvalue weighted by atomic mass is 127. The molecule has 1 atom stereocenters. The monoisotopic (exact) mass is 395 g/mol. The molecule has 1 heterocycles. The fraction of sp³-hybridized carbons (Fsp3) is 0.538. The summed E-state index contributed by atoms with van der Waals surface area (Å²) in [5.74, 6) is 1.13. The minimum Gasteiger partial charge on any atom is -0.493 e. The molecule has 19 heavy (non-hydrogen) atoms. The van der Waals surface area contributed by atoms with Crippen LogP contribution in [0.2, 0.25) is 0 Å². The van der Waals surface area contributed by atoms with Crippen molar-refractivity contribution in [3.05, 3.63) is 27.8 Å². The van der Waals surface area contributed by atoms with Gasteiger partial charge in [0.2, 0.25) is 10.0 Å². The summed E-state index contributed by atoms with van der Waals surface area (Å²) >= 11 is 2.25. The molecule has 6 heteroatoms. The summed E-state index contributed by atoms with van der Waals surface area (Å²) < 4.78 is 31.5. The van der Waals surface area contributed by atoms with E-state index in [0.717, 1.165) is 22.2 Å². The Morgan fingerprint density at radius 3 is 2.95 bits per heavy atom. The molecule has 1 aliphatic heterocycles. The Balaban J connectivity index is 1.89. The number of rotatable bonds is 4. The zero-order chi connectivity index (χ0) is 13.9. The summed E-state index contributed by atoms with van der Waals surface area (Å²) in [6, 6.07) is 7.89. The van der Waals surface area contributed by atoms with Crippen LogP contribution in [0.5, 0.6) is 5.75 Å². The van der Waals surface area contributed by atoms with Gasteiger partial charge in [0.05, 0.1) is 12.9 Å². The first-order chi connectivity index (χ1) is 8.95. The second kappa shape index (κ2) is 6.41. The van der Waals surface area contributed by atoms with Crippen LogP contribution >= 0.6 is 22.6 Å². The average molecular weight is 395 g/mol. The molecule has 0 bridgehead atoms. The largest absolute Gasteiger partial charge is 0.493 e. The van der Waals surface area contributed by atoms with E-state index in [1.807, 2.05) is 24.3 Å². The van der Waals surface area contributed by atoms with Crippen LogP contribution in [0.3, 0.4) is 0 Å². The van der Waals surface area contributed by atoms with Crippen molar-refractivity contribution in [2.24, 2.45) is 5.92 Å². The molecule has 1 unspecified atom stereocenters. The van der Waals surface area contributed by atoms with Crippen molar-refractivity contribution < 1.29 is 13.2 Å². The van der Waals surface area contributed by atoms with Crippen molar-refractivity contribution in [3.8, 4) is 5.75 Å². The first-order valence-electron chi connectivity index (χ1n) is 6.28. The summed E-state index contributed by atoms with van der Waals surface area (Å²) in [6.45, 7) is 1.79. The van der Waals surface area contributed by atoms with Crippen molar-refractivity contribution in [1.29, 1.82) is 0 Å². The van der Waals surface area contributed by atoms with Crippen LogP contribution < -0.4 is 4.74 Å². The molecule has 0 spiro atoms. The Labute approximate surface area is 128 Å². The number of hydrogen-bond donors (Lipinski definition) is 0. The molecule has 1 saturated heterocycles. The molecule has 1 aliphatic rings. The molecular weight excluding hydrogens is 377 g/mol. The molecular formula is C13H18INO3S. The molecule has 0 saturated carbocycles. The third-order valence-electron chi connectivity index (χ3n) is 3.23. The molecule has 1 aromatic carbocycles. The fourth-order valence-corrected chi connectivity index (χ4v) is 3.69. The zero-order valence-corrected chi connectivity index (χ0v) is 13.9. The predicted octanol–water partition coefficient (Wildman–Crippen LogP) is 2.34. The number of ether oxygens (including phenoxy) is 1. The first kappa shape index (κ1) is 15.1. The van der Waals surface area contributed by atoms with E-state index in [4.69, 9.17) is 4.74 Å². The second-order valence-electron chi connectivity index (χ2n) is 4.90. The maximum absolute atomic E-state index is 11.5. The molecule has 2 rings (SSSR count). The van der Waals surface area contributed by atoms with Crippen LogP contribution in [-0.2, 0) is 10.0 Å². The Morgan fingerprint density at radius 2 is 2.26 bits per heavy atom. The highest BCUT2D eigenvalue weighted by Crippen LogP contribution is 2.21. The molecule has 1 aromatic rings. The van der Waals surface area contributed by atoms with Gasteiger partial charge in [-0.25, -0.2) is 12.7 Å². The van der Waals surface area contributed by atoms with Crippen LogP contribution in [0.4, 0.5) is 0 Å². The number of sulfonamides is 1. The first-order valence-corrected chi connectivity index (χ1v) is 9.21. The number of halogens is 1. The average Bonchev–Trinajstić information content (AvgIpc) is 2.36. The molecule has 0 aliphatic carbocycles. The summed E-state index contributed by atoms with van der Waals surface area (Å²) in [5.41, 5.74) is 0. The van der Waals surface area contributed by atoms with Gasteiger partial charge in [0, 0.05) is 22.6 Å². The van der Waals surface area contributed by atoms with Crippen LogP contribution in [0.1, 0.15) is 12.8 Å². The molecule has 106 valence electrons. The van der Waals surface area contributed by atoms with Crippen LogP contribution in [0.25, 0.3) is 0 Å². The summed E-state index contributed by atoms with van der Waals surface area (Å²) in [6.07, 6.45) is 3.21. The fourth-order valence-electron chi connectivity index (χ4n) is 2.23. The summed E-state index contributed by atoms with van der Waals surface area (Å²) in [5, 5.41) is 0. The third-order valence-corrected chi connectivity index (χ3v) is 5.17. The van der Waals surface area contributed by atoms with E-state index in [9.17, 15) is 8.42 Å². The van der Waals surface area contributed by atoms with Crippen LogP contribution in [-0.4, -0.2) is 38.7 Å². The molecule has 0 radical (unpaired) electrons. The molecule has 4 nitrogen and oxygen atoms in total. The van der Waals surface area contributed by atoms with E-state index < -0.39 is 10.0 Å². The maximum atomic E-state index is 11.5. The zero-order valence-electron chi connectivity index (χ0n) is 10.9. The van der Waals surface area contributed by atoms with Gasteiger partial charge >= 0.3 is 0 Å². The van der Waals surface area contributed by atoms with Crippen molar-refractivity contribution in [3.63, 3.8) is 0 Å². The Bertz CT molecular complexity index is 532. The molecule has 0 aromatic heterocycles. The van der Waals surface area contributed by atoms with Crippen LogP contribution in [0, 0.1) is 9.49 Å². The highest BCUT2D eigenvalue weighted by Gasteiger charge is 2.26. The van der Waals surface area contributed by atoms with E-state index in [1.165, 1.54) is 6.26 Å². The van der Waals surface area contributed by atoms with Gasteiger partial charge in [-0.3, -0.25) is 0 Å². The van der Waals surface area contributed by atoms with E-state index in [1.54, 1.807) is 4.31 Å². The Kier molecular flexibility index (Phi) is 5.08. The number of nitrogens with zero attached hydrogens (tertiary/aromatic N) is 1. The van der Waals surface area contributed by atoms with E-state index in [0.29, 0.717) is 19.7 Å². The number of hydrogen-bond acceptors (Lipinski definition) is 3. The topological polar surface area (TPSA) is 46.6 Å². The second-order valence-corrected chi connectivity index (χ2v) is 8.13. The lowest BCUT2D eigenvalue weighted by Gasteiger charge is -2.30. The minimum absolute atomic E-state index is 0.279. The van der Waals surface area contributed by atoms with Gasteiger partial charge < -0.3 is 4.74 Å². The number of piperidine rings is 1. The van der Waals surface area contributed by atoms with Crippen LogP contribution in [0.15, 0.2) is 24.3 Å². The summed E-state index contributed by atoms with van der Waals surface area (Å²) in [4.78, 5) is 0. The predicted molar refractivity (Wildman–Crippen MR) is 83.8 cm³/mol. The Hall–Kier alpha value is -0.340. The minimum atomic E-state index is -3.07. The van der Waals surface area contributed by atoms with Gasteiger partial charge in [0.15, 0.2) is 0 Å². The van der Waals surface area contributed by atoms with E-state index in [2.05, 4.69) is 22.6 Å². The summed E-state index contributed by atoms with van der Waals surface area (Å²) in [7, 11) is -3.07. The lowest BCUT2D eigenvalue weighted by molar-refractivity contribution is 0.180. The smallest absolute Gasteiger partial charge is 0.211 e. The number of benzene rings is 1. The van der Waals surface area contributed by atoms with Crippen molar-refractivity contribution in [2.75, 3.05) is 26.0 Å². The standard InChI is InChI=1S/C13H18INO3S/c1-19(16,17)15-7-3-4-11(9-15)10-18-13-6-2-5-12(14)8-13/h2,5-6,8,11H,3-4,7,9-10H2,1H3. The quantitative estimate of drug-likeness (QED) is 0.736. The lowest BCUT2D eigenvalue weighted by Crippen LogP contribution is -2.40. The Morgan fingerprint density at radius 1 is 1.47 bits per heavy atom. The van der Waals surface area contributed by atoms with Gasteiger partial charge in [-0.2, -0.15) is 0 Å². The van der Waals surface area contributed by atoms with Gasteiger partial charge in [0.25, 0.3) is 0 Å². The lowest BCUT2D eigenvalue weighted by atomic mass is 10.0. The van der Waals surface area contributed by atoms with E-state index in [-0.39, 0.29) is 5.92 Å². The van der Waals surface area contributed by atoms with Crippen molar-refractivity contribution in [2.45, 2.75) is 12.8 Å². The van der Waals surface area contributed by atoms with Crippen molar-refractivity contribution in [1.82, 2.24) is 4.31 Å². The van der Waals surface area contributed by atoms with Gasteiger partial charge in [-0.1, -0.05) is 6.07 Å². The van der Waals surface area contributed by atoms with Gasteiger partial charge in [-0.05, 0) is 53.6 Å².